The van der Waals surface area contributed by atoms with Gasteiger partial charge < -0.3 is 16.0 Å². The molecular formula is C17H27N3O2. The number of nitrogens with one attached hydrogen (secondary N) is 3. The van der Waals surface area contributed by atoms with Crippen molar-refractivity contribution in [3.05, 3.63) is 35.4 Å². The third kappa shape index (κ3) is 7.78. The first-order valence-electron chi connectivity index (χ1n) is 7.60. The Morgan fingerprint density at radius 2 is 1.64 bits per heavy atom. The molecule has 1 rings (SSSR count). The van der Waals surface area contributed by atoms with Gasteiger partial charge in [0.15, 0.2) is 0 Å². The molecule has 0 aliphatic heterocycles. The van der Waals surface area contributed by atoms with Gasteiger partial charge in [0.05, 0.1) is 0 Å². The number of benzene rings is 1. The van der Waals surface area contributed by atoms with Crippen LogP contribution in [0.4, 0.5) is 0 Å². The predicted octanol–water partition coefficient (Wildman–Crippen LogP) is 1.69. The molecule has 5 nitrogen and oxygen atoms in total. The van der Waals surface area contributed by atoms with Crippen LogP contribution < -0.4 is 16.0 Å². The number of carbonyl (C=O) groups excluding carboxylic acids is 2. The second-order valence-electron chi connectivity index (χ2n) is 6.60. The van der Waals surface area contributed by atoms with E-state index in [0.29, 0.717) is 18.7 Å². The Balaban J connectivity index is 2.32. The Morgan fingerprint density at radius 1 is 1.00 bits per heavy atom. The maximum Gasteiger partial charge on any atom is 0.251 e. The molecule has 1 aromatic rings. The molecule has 22 heavy (non-hydrogen) atoms. The second-order valence-corrected chi connectivity index (χ2v) is 6.60. The van der Waals surface area contributed by atoms with Gasteiger partial charge in [-0.25, -0.2) is 0 Å². The van der Waals surface area contributed by atoms with Crippen LogP contribution in [0.3, 0.4) is 0 Å². The highest BCUT2D eigenvalue weighted by Gasteiger charge is 2.09. The van der Waals surface area contributed by atoms with E-state index < -0.39 is 0 Å². The third-order valence-corrected chi connectivity index (χ3v) is 3.00. The van der Waals surface area contributed by atoms with Crippen molar-refractivity contribution in [1.82, 2.24) is 16.0 Å². The largest absolute Gasteiger partial charge is 0.352 e. The first kappa shape index (κ1) is 18.2. The summed E-state index contributed by atoms with van der Waals surface area (Å²) in [6.07, 6.45) is 0. The summed E-state index contributed by atoms with van der Waals surface area (Å²) in [7, 11) is 0. The summed E-state index contributed by atoms with van der Waals surface area (Å²) in [5.41, 5.74) is 1.84. The highest BCUT2D eigenvalue weighted by atomic mass is 16.2. The summed E-state index contributed by atoms with van der Waals surface area (Å²) in [5, 5.41) is 8.92. The van der Waals surface area contributed by atoms with Gasteiger partial charge in [0, 0.05) is 38.7 Å². The minimum Gasteiger partial charge on any atom is -0.352 e. The molecule has 0 unspecified atom stereocenters. The number of amides is 2. The zero-order valence-corrected chi connectivity index (χ0v) is 14.0. The van der Waals surface area contributed by atoms with Gasteiger partial charge in [-0.2, -0.15) is 0 Å². The van der Waals surface area contributed by atoms with Gasteiger partial charge in [-0.15, -0.1) is 0 Å². The highest BCUT2D eigenvalue weighted by molar-refractivity contribution is 5.94. The van der Waals surface area contributed by atoms with Crippen LogP contribution >= 0.6 is 0 Å². The number of hydrogen-bond donors (Lipinski definition) is 3. The fraction of sp³-hybridized carbons (Fsp3) is 0.529. The quantitative estimate of drug-likeness (QED) is 0.671. The van der Waals surface area contributed by atoms with Crippen molar-refractivity contribution in [3.63, 3.8) is 0 Å². The maximum atomic E-state index is 12.0. The number of hydrogen-bond acceptors (Lipinski definition) is 3. The zero-order chi connectivity index (χ0) is 16.6. The summed E-state index contributed by atoms with van der Waals surface area (Å²) in [5.74, 6) is -0.145. The molecule has 2 amide bonds. The third-order valence-electron chi connectivity index (χ3n) is 3.00. The molecule has 0 radical (unpaired) electrons. The predicted molar refractivity (Wildman–Crippen MR) is 88.6 cm³/mol. The fourth-order valence-electron chi connectivity index (χ4n) is 1.83. The Labute approximate surface area is 132 Å². The van der Waals surface area contributed by atoms with Crippen molar-refractivity contribution in [2.75, 3.05) is 19.6 Å². The monoisotopic (exact) mass is 305 g/mol. The van der Waals surface area contributed by atoms with Crippen LogP contribution in [0.2, 0.25) is 0 Å². The van der Waals surface area contributed by atoms with Crippen molar-refractivity contribution in [3.8, 4) is 0 Å². The lowest BCUT2D eigenvalue weighted by atomic mass is 9.97. The first-order valence-corrected chi connectivity index (χ1v) is 7.60. The summed E-state index contributed by atoms with van der Waals surface area (Å²) in [6.45, 7) is 10.7. The molecule has 0 bridgehead atoms. The van der Waals surface area contributed by atoms with Crippen molar-refractivity contribution >= 4 is 11.8 Å². The van der Waals surface area contributed by atoms with Gasteiger partial charge in [0.1, 0.15) is 0 Å². The van der Waals surface area contributed by atoms with Crippen LogP contribution in [-0.4, -0.2) is 31.4 Å². The molecule has 0 aromatic heterocycles. The second kappa shape index (κ2) is 8.54. The van der Waals surface area contributed by atoms with Gasteiger partial charge >= 0.3 is 0 Å². The van der Waals surface area contributed by atoms with E-state index in [9.17, 15) is 9.59 Å². The van der Waals surface area contributed by atoms with Crippen LogP contribution in [-0.2, 0) is 11.3 Å². The van der Waals surface area contributed by atoms with Gasteiger partial charge in [-0.05, 0) is 23.1 Å². The molecular weight excluding hydrogens is 278 g/mol. The normalized spacial score (nSPS) is 11.1. The lowest BCUT2D eigenvalue weighted by molar-refractivity contribution is -0.119. The molecule has 122 valence electrons. The number of rotatable bonds is 7. The van der Waals surface area contributed by atoms with Crippen LogP contribution in [0.1, 0.15) is 43.6 Å². The molecule has 0 saturated carbocycles. The molecule has 3 N–H and O–H groups in total. The average Bonchev–Trinajstić information content (AvgIpc) is 2.44. The van der Waals surface area contributed by atoms with Crippen LogP contribution in [0.5, 0.6) is 0 Å². The summed E-state index contributed by atoms with van der Waals surface area (Å²) < 4.78 is 0. The summed E-state index contributed by atoms with van der Waals surface area (Å²) in [4.78, 5) is 22.8. The molecule has 0 aliphatic carbocycles. The molecule has 0 atom stereocenters. The lowest BCUT2D eigenvalue weighted by Crippen LogP contribution is -2.35. The summed E-state index contributed by atoms with van der Waals surface area (Å²) in [6, 6.07) is 7.25. The van der Waals surface area contributed by atoms with E-state index in [1.807, 2.05) is 12.1 Å². The molecule has 1 aromatic carbocycles. The Hall–Kier alpha value is -1.88. The molecule has 0 fully saturated rings. The minimum absolute atomic E-state index is 0.0652. The van der Waals surface area contributed by atoms with Crippen LogP contribution in [0.25, 0.3) is 0 Å². The van der Waals surface area contributed by atoms with E-state index in [4.69, 9.17) is 0 Å². The van der Waals surface area contributed by atoms with Gasteiger partial charge in [0.2, 0.25) is 5.91 Å². The first-order chi connectivity index (χ1) is 10.3. The van der Waals surface area contributed by atoms with Gasteiger partial charge in [-0.3, -0.25) is 9.59 Å². The van der Waals surface area contributed by atoms with Crippen LogP contribution in [0.15, 0.2) is 24.3 Å². The lowest BCUT2D eigenvalue weighted by Gasteiger charge is -2.18. The molecule has 0 heterocycles. The Kier molecular flexibility index (Phi) is 7.05. The van der Waals surface area contributed by atoms with Gasteiger partial charge in [-0.1, -0.05) is 32.9 Å². The van der Waals surface area contributed by atoms with E-state index in [-0.39, 0.29) is 17.2 Å². The fourth-order valence-corrected chi connectivity index (χ4v) is 1.83. The van der Waals surface area contributed by atoms with E-state index in [2.05, 4.69) is 36.7 Å². The standard InChI is InChI=1S/C17H27N3O2/c1-13(21)20-11-14-5-7-15(8-6-14)16(22)19-10-9-18-12-17(2,3)4/h5-8,18H,9-12H2,1-4H3,(H,19,22)(H,20,21). The van der Waals surface area contributed by atoms with Crippen LogP contribution in [0, 0.1) is 5.41 Å². The minimum atomic E-state index is -0.0800. The van der Waals surface area contributed by atoms with Gasteiger partial charge in [0.25, 0.3) is 5.91 Å². The van der Waals surface area contributed by atoms with E-state index >= 15 is 0 Å². The Bertz CT molecular complexity index is 490. The van der Waals surface area contributed by atoms with E-state index in [1.165, 1.54) is 6.92 Å². The maximum absolute atomic E-state index is 12.0. The van der Waals surface area contributed by atoms with Crippen molar-refractivity contribution in [2.24, 2.45) is 5.41 Å². The molecule has 0 saturated heterocycles. The van der Waals surface area contributed by atoms with Crippen molar-refractivity contribution < 1.29 is 9.59 Å². The molecule has 5 heteroatoms. The summed E-state index contributed by atoms with van der Waals surface area (Å²) >= 11 is 0. The highest BCUT2D eigenvalue weighted by Crippen LogP contribution is 2.09. The van der Waals surface area contributed by atoms with E-state index in [1.54, 1.807) is 12.1 Å². The average molecular weight is 305 g/mol. The van der Waals surface area contributed by atoms with E-state index in [0.717, 1.165) is 18.7 Å². The SMILES string of the molecule is CC(=O)NCc1ccc(C(=O)NCCNCC(C)(C)C)cc1. The van der Waals surface area contributed by atoms with Crippen molar-refractivity contribution in [2.45, 2.75) is 34.2 Å². The topological polar surface area (TPSA) is 70.2 Å². The zero-order valence-electron chi connectivity index (χ0n) is 14.0. The smallest absolute Gasteiger partial charge is 0.251 e. The molecule has 0 spiro atoms. The Morgan fingerprint density at radius 3 is 2.18 bits per heavy atom. The number of carbonyl (C=O) groups is 2. The molecule has 0 aliphatic rings. The van der Waals surface area contributed by atoms with Crippen molar-refractivity contribution in [1.29, 1.82) is 0 Å².